The van der Waals surface area contributed by atoms with Crippen LogP contribution in [0.5, 0.6) is 0 Å². The van der Waals surface area contributed by atoms with Gasteiger partial charge in [0.2, 0.25) is 0 Å². The molecule has 0 saturated heterocycles. The summed E-state index contributed by atoms with van der Waals surface area (Å²) in [6, 6.07) is 0. The molecule has 1 heterocycles. The molecule has 0 amide bonds. The summed E-state index contributed by atoms with van der Waals surface area (Å²) in [5.41, 5.74) is 0.642. The molecule has 0 radical (unpaired) electrons. The van der Waals surface area contributed by atoms with Crippen molar-refractivity contribution in [3.05, 3.63) is 28.0 Å². The van der Waals surface area contributed by atoms with E-state index in [2.05, 4.69) is 4.98 Å². The summed E-state index contributed by atoms with van der Waals surface area (Å²) in [5, 5.41) is 0.865. The molecule has 1 rings (SSSR count). The maximum absolute atomic E-state index is 10.5. The number of hydrogen-bond donors (Lipinski definition) is 0. The van der Waals surface area contributed by atoms with E-state index in [1.54, 1.807) is 6.92 Å². The molecule has 0 aliphatic carbocycles. The highest BCUT2D eigenvalue weighted by Gasteiger charge is 2.12. The van der Waals surface area contributed by atoms with Crippen molar-refractivity contribution in [3.8, 4) is 0 Å². The normalized spacial score (nSPS) is 12.6. The van der Waals surface area contributed by atoms with E-state index < -0.39 is 0 Å². The van der Waals surface area contributed by atoms with E-state index in [1.807, 2.05) is 0 Å². The Labute approximate surface area is 80.5 Å². The molecule has 1 aromatic heterocycles. The van der Waals surface area contributed by atoms with Gasteiger partial charge in [-0.2, -0.15) is 0 Å². The second-order valence-corrected chi connectivity index (χ2v) is 3.26. The van der Waals surface area contributed by atoms with E-state index in [4.69, 9.17) is 23.2 Å². The zero-order chi connectivity index (χ0) is 9.14. The lowest BCUT2D eigenvalue weighted by atomic mass is 10.0. The maximum Gasteiger partial charge on any atom is 0.127 e. The van der Waals surface area contributed by atoms with Crippen LogP contribution in [0.1, 0.15) is 18.4 Å². The van der Waals surface area contributed by atoms with Gasteiger partial charge in [0.1, 0.15) is 6.29 Å². The summed E-state index contributed by atoms with van der Waals surface area (Å²) in [7, 11) is 0. The third kappa shape index (κ3) is 1.76. The number of aldehydes is 1. The maximum atomic E-state index is 10.5. The van der Waals surface area contributed by atoms with Gasteiger partial charge in [-0.1, -0.05) is 30.1 Å². The zero-order valence-corrected chi connectivity index (χ0v) is 7.93. The molecule has 1 unspecified atom stereocenters. The van der Waals surface area contributed by atoms with Crippen LogP contribution in [-0.2, 0) is 4.79 Å². The van der Waals surface area contributed by atoms with Crippen LogP contribution in [0.25, 0.3) is 0 Å². The largest absolute Gasteiger partial charge is 0.303 e. The fourth-order valence-corrected chi connectivity index (χ4v) is 1.63. The monoisotopic (exact) mass is 203 g/mol. The molecule has 64 valence electrons. The molecule has 1 aromatic rings. The van der Waals surface area contributed by atoms with Crippen molar-refractivity contribution in [2.75, 3.05) is 0 Å². The highest BCUT2D eigenvalue weighted by atomic mass is 35.5. The van der Waals surface area contributed by atoms with Gasteiger partial charge in [-0.25, -0.2) is 0 Å². The van der Waals surface area contributed by atoms with E-state index in [0.29, 0.717) is 15.6 Å². The van der Waals surface area contributed by atoms with Gasteiger partial charge >= 0.3 is 0 Å². The van der Waals surface area contributed by atoms with Gasteiger partial charge in [0.15, 0.2) is 0 Å². The van der Waals surface area contributed by atoms with Crippen molar-refractivity contribution >= 4 is 29.5 Å². The Kier molecular flexibility index (Phi) is 3.06. The smallest absolute Gasteiger partial charge is 0.127 e. The van der Waals surface area contributed by atoms with E-state index in [0.717, 1.165) is 6.29 Å². The highest BCUT2D eigenvalue weighted by molar-refractivity contribution is 6.36. The molecule has 0 aliphatic heterocycles. The molecule has 0 spiro atoms. The number of aromatic nitrogens is 1. The van der Waals surface area contributed by atoms with Crippen LogP contribution in [0.15, 0.2) is 12.4 Å². The number of halogens is 2. The Bertz CT molecular complexity index is 281. The van der Waals surface area contributed by atoms with Crippen LogP contribution in [0.4, 0.5) is 0 Å². The van der Waals surface area contributed by atoms with Crippen LogP contribution < -0.4 is 0 Å². The Hall–Kier alpha value is -0.600. The lowest BCUT2D eigenvalue weighted by Gasteiger charge is -2.07. The minimum absolute atomic E-state index is 0.284. The summed E-state index contributed by atoms with van der Waals surface area (Å²) in [6.07, 6.45) is 3.75. The molecule has 0 bridgehead atoms. The summed E-state index contributed by atoms with van der Waals surface area (Å²) in [6.45, 7) is 1.74. The summed E-state index contributed by atoms with van der Waals surface area (Å²) in [5.74, 6) is -0.284. The zero-order valence-electron chi connectivity index (χ0n) is 6.42. The van der Waals surface area contributed by atoms with Gasteiger partial charge in [0, 0.05) is 23.9 Å². The predicted octanol–water partition coefficient (Wildman–Crippen LogP) is 2.69. The topological polar surface area (TPSA) is 30.0 Å². The summed E-state index contributed by atoms with van der Waals surface area (Å²) in [4.78, 5) is 14.3. The lowest BCUT2D eigenvalue weighted by molar-refractivity contribution is -0.108. The molecular weight excluding hydrogens is 197 g/mol. The lowest BCUT2D eigenvalue weighted by Crippen LogP contribution is -1.97. The van der Waals surface area contributed by atoms with E-state index in [1.165, 1.54) is 12.4 Å². The van der Waals surface area contributed by atoms with Gasteiger partial charge in [0.25, 0.3) is 0 Å². The Morgan fingerprint density at radius 2 is 1.92 bits per heavy atom. The molecule has 0 saturated carbocycles. The standard InChI is InChI=1S/C8H7Cl2NO/c1-5(4-12)8-6(9)2-11-3-7(8)10/h2-5H,1H3. The summed E-state index contributed by atoms with van der Waals surface area (Å²) < 4.78 is 0. The van der Waals surface area contributed by atoms with E-state index >= 15 is 0 Å². The number of nitrogens with zero attached hydrogens (tertiary/aromatic N) is 1. The Balaban J connectivity index is 3.20. The van der Waals surface area contributed by atoms with Crippen molar-refractivity contribution in [1.29, 1.82) is 0 Å². The van der Waals surface area contributed by atoms with Crippen LogP contribution in [0.3, 0.4) is 0 Å². The number of hydrogen-bond acceptors (Lipinski definition) is 2. The molecule has 1 atom stereocenters. The SMILES string of the molecule is CC(C=O)c1c(Cl)cncc1Cl. The Morgan fingerprint density at radius 3 is 2.33 bits per heavy atom. The van der Waals surface area contributed by atoms with Crippen molar-refractivity contribution < 1.29 is 4.79 Å². The second kappa shape index (κ2) is 3.87. The summed E-state index contributed by atoms with van der Waals surface area (Å²) >= 11 is 11.6. The van der Waals surface area contributed by atoms with Crippen molar-refractivity contribution in [2.45, 2.75) is 12.8 Å². The quantitative estimate of drug-likeness (QED) is 0.693. The van der Waals surface area contributed by atoms with Crippen molar-refractivity contribution in [2.24, 2.45) is 0 Å². The van der Waals surface area contributed by atoms with Gasteiger partial charge in [0.05, 0.1) is 10.0 Å². The van der Waals surface area contributed by atoms with Gasteiger partial charge in [-0.15, -0.1) is 0 Å². The molecule has 0 aliphatic rings. The average Bonchev–Trinajstić information content (AvgIpc) is 2.03. The second-order valence-electron chi connectivity index (χ2n) is 2.44. The van der Waals surface area contributed by atoms with Gasteiger partial charge in [-0.05, 0) is 0 Å². The number of rotatable bonds is 2. The first kappa shape index (κ1) is 9.49. The highest BCUT2D eigenvalue weighted by Crippen LogP contribution is 2.28. The average molecular weight is 204 g/mol. The van der Waals surface area contributed by atoms with E-state index in [9.17, 15) is 4.79 Å². The van der Waals surface area contributed by atoms with Crippen LogP contribution in [0.2, 0.25) is 10.0 Å². The fraction of sp³-hybridized carbons (Fsp3) is 0.250. The first-order valence-corrected chi connectivity index (χ1v) is 4.16. The minimum Gasteiger partial charge on any atom is -0.303 e. The number of carbonyl (C=O) groups excluding carboxylic acids is 1. The van der Waals surface area contributed by atoms with Crippen LogP contribution >= 0.6 is 23.2 Å². The van der Waals surface area contributed by atoms with Crippen molar-refractivity contribution in [1.82, 2.24) is 4.98 Å². The Morgan fingerprint density at radius 1 is 1.42 bits per heavy atom. The number of carbonyl (C=O) groups is 1. The minimum atomic E-state index is -0.284. The van der Waals surface area contributed by atoms with Crippen LogP contribution in [0, 0.1) is 0 Å². The third-order valence-corrected chi connectivity index (χ3v) is 2.15. The predicted molar refractivity (Wildman–Crippen MR) is 48.7 cm³/mol. The first-order chi connectivity index (χ1) is 5.66. The molecule has 2 nitrogen and oxygen atoms in total. The molecule has 12 heavy (non-hydrogen) atoms. The van der Waals surface area contributed by atoms with E-state index in [-0.39, 0.29) is 5.92 Å². The molecule has 0 fully saturated rings. The van der Waals surface area contributed by atoms with Gasteiger partial charge in [-0.3, -0.25) is 4.98 Å². The third-order valence-electron chi connectivity index (χ3n) is 1.55. The fourth-order valence-electron chi connectivity index (χ4n) is 0.924. The number of pyridine rings is 1. The molecular formula is C8H7Cl2NO. The van der Waals surface area contributed by atoms with Crippen LogP contribution in [-0.4, -0.2) is 11.3 Å². The molecule has 0 aromatic carbocycles. The first-order valence-electron chi connectivity index (χ1n) is 3.41. The van der Waals surface area contributed by atoms with Gasteiger partial charge < -0.3 is 4.79 Å². The molecule has 0 N–H and O–H groups in total. The van der Waals surface area contributed by atoms with Crippen molar-refractivity contribution in [3.63, 3.8) is 0 Å². The molecule has 4 heteroatoms.